The Morgan fingerprint density at radius 1 is 1.16 bits per heavy atom. The van der Waals surface area contributed by atoms with E-state index in [9.17, 15) is 4.79 Å². The highest BCUT2D eigenvalue weighted by atomic mass is 35.5. The lowest BCUT2D eigenvalue weighted by Crippen LogP contribution is -1.93. The summed E-state index contributed by atoms with van der Waals surface area (Å²) in [5, 5.41) is 0.576. The molecule has 0 aliphatic heterocycles. The normalized spacial score (nSPS) is 10.8. The molecule has 0 saturated carbocycles. The maximum atomic E-state index is 11.9. The lowest BCUT2D eigenvalue weighted by Gasteiger charge is -1.98. The van der Waals surface area contributed by atoms with Gasteiger partial charge in [0.05, 0.1) is 0 Å². The summed E-state index contributed by atoms with van der Waals surface area (Å²) in [5.74, 6) is -0.0398. The molecule has 96 valence electrons. The van der Waals surface area contributed by atoms with E-state index in [1.54, 1.807) is 30.3 Å². The van der Waals surface area contributed by atoms with Crippen molar-refractivity contribution in [3.63, 3.8) is 0 Å². The molecule has 0 aliphatic carbocycles. The van der Waals surface area contributed by atoms with Gasteiger partial charge in [-0.3, -0.25) is 4.79 Å². The van der Waals surface area contributed by atoms with Gasteiger partial charge in [0.2, 0.25) is 0 Å². The monoisotopic (exact) mass is 270 g/mol. The summed E-state index contributed by atoms with van der Waals surface area (Å²) in [6.07, 6.45) is 4.42. The third-order valence-corrected chi connectivity index (χ3v) is 3.16. The van der Waals surface area contributed by atoms with Crippen LogP contribution in [0.2, 0.25) is 5.02 Å². The Morgan fingerprint density at radius 2 is 1.89 bits per heavy atom. The van der Waals surface area contributed by atoms with Gasteiger partial charge < -0.3 is 0 Å². The zero-order chi connectivity index (χ0) is 13.7. The van der Waals surface area contributed by atoms with E-state index in [2.05, 4.69) is 19.1 Å². The summed E-state index contributed by atoms with van der Waals surface area (Å²) in [7, 11) is 0. The van der Waals surface area contributed by atoms with Crippen molar-refractivity contribution in [2.24, 2.45) is 0 Å². The molecule has 0 aromatic heterocycles. The van der Waals surface area contributed by atoms with Crippen LogP contribution in [0.4, 0.5) is 0 Å². The van der Waals surface area contributed by atoms with Crippen LogP contribution in [-0.4, -0.2) is 5.78 Å². The molecule has 0 amide bonds. The molecule has 0 fully saturated rings. The molecule has 2 heteroatoms. The molecule has 0 bridgehead atoms. The number of allylic oxidation sites excluding steroid dienone is 1. The zero-order valence-corrected chi connectivity index (χ0v) is 11.5. The highest BCUT2D eigenvalue weighted by Crippen LogP contribution is 2.12. The summed E-state index contributed by atoms with van der Waals surface area (Å²) >= 11 is 5.86. The van der Waals surface area contributed by atoms with Crippen molar-refractivity contribution in [1.29, 1.82) is 0 Å². The standard InChI is InChI=1S/C17H15ClO/c1-2-13-6-8-14(9-7-13)10-11-17(19)15-4-3-5-16(18)12-15/h3-12H,2H2,1H3. The van der Waals surface area contributed by atoms with Crippen molar-refractivity contribution in [2.45, 2.75) is 13.3 Å². The number of carbonyl (C=O) groups is 1. The van der Waals surface area contributed by atoms with Crippen LogP contribution < -0.4 is 0 Å². The first-order valence-electron chi connectivity index (χ1n) is 6.26. The fourth-order valence-electron chi connectivity index (χ4n) is 1.77. The number of hydrogen-bond donors (Lipinski definition) is 0. The number of ketones is 1. The number of rotatable bonds is 4. The second-order valence-corrected chi connectivity index (χ2v) is 4.74. The van der Waals surface area contributed by atoms with Crippen LogP contribution in [0.5, 0.6) is 0 Å². The molecule has 2 rings (SSSR count). The Labute approximate surface area is 118 Å². The fourth-order valence-corrected chi connectivity index (χ4v) is 1.96. The van der Waals surface area contributed by atoms with Crippen molar-refractivity contribution >= 4 is 23.5 Å². The maximum Gasteiger partial charge on any atom is 0.185 e. The maximum absolute atomic E-state index is 11.9. The molecule has 0 atom stereocenters. The van der Waals surface area contributed by atoms with Gasteiger partial charge >= 0.3 is 0 Å². The lowest BCUT2D eigenvalue weighted by atomic mass is 10.1. The van der Waals surface area contributed by atoms with Crippen molar-refractivity contribution in [3.05, 3.63) is 76.3 Å². The molecule has 0 heterocycles. The molecule has 0 radical (unpaired) electrons. The van der Waals surface area contributed by atoms with Gasteiger partial charge in [-0.2, -0.15) is 0 Å². The first-order chi connectivity index (χ1) is 9.19. The van der Waals surface area contributed by atoms with E-state index in [0.717, 1.165) is 12.0 Å². The smallest absolute Gasteiger partial charge is 0.185 e. The molecular formula is C17H15ClO. The van der Waals surface area contributed by atoms with Crippen molar-refractivity contribution in [3.8, 4) is 0 Å². The van der Waals surface area contributed by atoms with Crippen molar-refractivity contribution in [1.82, 2.24) is 0 Å². The molecule has 2 aromatic carbocycles. The first-order valence-corrected chi connectivity index (χ1v) is 6.64. The number of hydrogen-bond acceptors (Lipinski definition) is 1. The fraction of sp³-hybridized carbons (Fsp3) is 0.118. The van der Waals surface area contributed by atoms with Crippen LogP contribution in [0.1, 0.15) is 28.4 Å². The third kappa shape index (κ3) is 3.80. The topological polar surface area (TPSA) is 17.1 Å². The number of halogens is 1. The Kier molecular flexibility index (Phi) is 4.53. The Morgan fingerprint density at radius 3 is 2.53 bits per heavy atom. The predicted octanol–water partition coefficient (Wildman–Crippen LogP) is 4.80. The van der Waals surface area contributed by atoms with Gasteiger partial charge in [0, 0.05) is 10.6 Å². The average molecular weight is 271 g/mol. The third-order valence-electron chi connectivity index (χ3n) is 2.92. The van der Waals surface area contributed by atoms with Gasteiger partial charge in [-0.1, -0.05) is 61.0 Å². The van der Waals surface area contributed by atoms with Crippen LogP contribution in [0, 0.1) is 0 Å². The van der Waals surface area contributed by atoms with E-state index < -0.39 is 0 Å². The zero-order valence-electron chi connectivity index (χ0n) is 10.8. The molecule has 19 heavy (non-hydrogen) atoms. The molecule has 1 nitrogen and oxygen atoms in total. The van der Waals surface area contributed by atoms with E-state index >= 15 is 0 Å². The van der Waals surface area contributed by atoms with Gasteiger partial charge in [-0.15, -0.1) is 0 Å². The molecule has 0 saturated heterocycles. The summed E-state index contributed by atoms with van der Waals surface area (Å²) < 4.78 is 0. The predicted molar refractivity (Wildman–Crippen MR) is 80.6 cm³/mol. The van der Waals surface area contributed by atoms with E-state index in [4.69, 9.17) is 11.6 Å². The minimum atomic E-state index is -0.0398. The Bertz CT molecular complexity index is 597. The summed E-state index contributed by atoms with van der Waals surface area (Å²) in [5.41, 5.74) is 2.92. The van der Waals surface area contributed by atoms with Gasteiger partial charge in [-0.25, -0.2) is 0 Å². The highest BCUT2D eigenvalue weighted by Gasteiger charge is 2.01. The molecule has 0 aliphatic rings. The number of aryl methyl sites for hydroxylation is 1. The molecule has 0 unspecified atom stereocenters. The molecular weight excluding hydrogens is 256 g/mol. The Balaban J connectivity index is 2.11. The van der Waals surface area contributed by atoms with E-state index in [0.29, 0.717) is 10.6 Å². The van der Waals surface area contributed by atoms with E-state index in [1.165, 1.54) is 5.56 Å². The highest BCUT2D eigenvalue weighted by molar-refractivity contribution is 6.31. The van der Waals surface area contributed by atoms with E-state index in [1.807, 2.05) is 18.2 Å². The minimum Gasteiger partial charge on any atom is -0.289 e. The van der Waals surface area contributed by atoms with Gasteiger partial charge in [0.15, 0.2) is 5.78 Å². The second kappa shape index (κ2) is 6.35. The van der Waals surface area contributed by atoms with Crippen LogP contribution in [0.25, 0.3) is 6.08 Å². The van der Waals surface area contributed by atoms with Gasteiger partial charge in [0.25, 0.3) is 0 Å². The summed E-state index contributed by atoms with van der Waals surface area (Å²) in [4.78, 5) is 11.9. The van der Waals surface area contributed by atoms with E-state index in [-0.39, 0.29) is 5.78 Å². The molecule has 2 aromatic rings. The van der Waals surface area contributed by atoms with Gasteiger partial charge in [-0.05, 0) is 35.8 Å². The summed E-state index contributed by atoms with van der Waals surface area (Å²) in [6.45, 7) is 2.12. The second-order valence-electron chi connectivity index (χ2n) is 4.30. The van der Waals surface area contributed by atoms with Crippen LogP contribution >= 0.6 is 11.6 Å². The summed E-state index contributed by atoms with van der Waals surface area (Å²) in [6, 6.07) is 15.1. The quantitative estimate of drug-likeness (QED) is 0.576. The molecule has 0 N–H and O–H groups in total. The van der Waals surface area contributed by atoms with Crippen molar-refractivity contribution < 1.29 is 4.79 Å². The lowest BCUT2D eigenvalue weighted by molar-refractivity contribution is 0.104. The number of carbonyl (C=O) groups excluding carboxylic acids is 1. The first kappa shape index (κ1) is 13.6. The van der Waals surface area contributed by atoms with Crippen LogP contribution in [0.3, 0.4) is 0 Å². The van der Waals surface area contributed by atoms with Crippen molar-refractivity contribution in [2.75, 3.05) is 0 Å². The Hall–Kier alpha value is -1.86. The number of benzene rings is 2. The molecule has 0 spiro atoms. The van der Waals surface area contributed by atoms with Gasteiger partial charge in [0.1, 0.15) is 0 Å². The van der Waals surface area contributed by atoms with Crippen LogP contribution in [-0.2, 0) is 6.42 Å². The van der Waals surface area contributed by atoms with Crippen LogP contribution in [0.15, 0.2) is 54.6 Å². The largest absolute Gasteiger partial charge is 0.289 e. The average Bonchev–Trinajstić information content (AvgIpc) is 2.45. The minimum absolute atomic E-state index is 0.0398. The SMILES string of the molecule is CCc1ccc(C=CC(=O)c2cccc(Cl)c2)cc1.